The number of fused-ring (bicyclic) bond motifs is 3. The molecule has 90 valence electrons. The van der Waals surface area contributed by atoms with Crippen LogP contribution in [0.25, 0.3) is 21.8 Å². The van der Waals surface area contributed by atoms with Gasteiger partial charge in [0.1, 0.15) is 0 Å². The number of aromatic nitrogens is 1. The maximum absolute atomic E-state index is 11.4. The van der Waals surface area contributed by atoms with E-state index in [0.717, 1.165) is 27.5 Å². The van der Waals surface area contributed by atoms with Gasteiger partial charge in [-0.1, -0.05) is 30.3 Å². The number of nitrogens with one attached hydrogen (secondary N) is 3. The number of para-hydroxylation sites is 2. The molecule has 0 fully saturated rings. The Morgan fingerprint density at radius 3 is 2.67 bits per heavy atom. The number of anilines is 1. The number of benzene rings is 2. The molecule has 0 aliphatic rings. The van der Waals surface area contributed by atoms with Crippen molar-refractivity contribution in [3.05, 3.63) is 42.5 Å². The van der Waals surface area contributed by atoms with E-state index in [1.54, 1.807) is 7.05 Å². The van der Waals surface area contributed by atoms with Crippen molar-refractivity contribution in [2.45, 2.75) is 0 Å². The number of urea groups is 1. The van der Waals surface area contributed by atoms with Crippen molar-refractivity contribution in [3.8, 4) is 0 Å². The Hall–Kier alpha value is -2.49. The van der Waals surface area contributed by atoms with Crippen LogP contribution in [0, 0.1) is 0 Å². The molecule has 1 heterocycles. The zero-order valence-electron chi connectivity index (χ0n) is 9.95. The summed E-state index contributed by atoms with van der Waals surface area (Å²) in [5.74, 6) is 0. The topological polar surface area (TPSA) is 56.9 Å². The van der Waals surface area contributed by atoms with E-state index in [4.69, 9.17) is 0 Å². The van der Waals surface area contributed by atoms with Gasteiger partial charge in [-0.2, -0.15) is 0 Å². The van der Waals surface area contributed by atoms with E-state index in [9.17, 15) is 4.79 Å². The first kappa shape index (κ1) is 10.7. The molecule has 3 N–H and O–H groups in total. The molecule has 0 bridgehead atoms. The first-order chi connectivity index (χ1) is 8.79. The van der Waals surface area contributed by atoms with E-state index in [2.05, 4.69) is 21.7 Å². The second kappa shape index (κ2) is 4.07. The number of hydrogen-bond donors (Lipinski definition) is 3. The number of hydrogen-bond acceptors (Lipinski definition) is 1. The molecule has 4 heteroatoms. The van der Waals surface area contributed by atoms with Gasteiger partial charge in [0.2, 0.25) is 0 Å². The molecule has 0 aliphatic carbocycles. The van der Waals surface area contributed by atoms with Gasteiger partial charge in [0.05, 0.1) is 11.2 Å². The third-order valence-corrected chi connectivity index (χ3v) is 3.02. The van der Waals surface area contributed by atoms with Gasteiger partial charge in [0, 0.05) is 23.3 Å². The Morgan fingerprint density at radius 2 is 1.83 bits per heavy atom. The first-order valence-corrected chi connectivity index (χ1v) is 5.78. The molecule has 0 spiro atoms. The minimum Gasteiger partial charge on any atom is -0.353 e. The van der Waals surface area contributed by atoms with Crippen molar-refractivity contribution >= 4 is 33.5 Å². The molecule has 0 atom stereocenters. The smallest absolute Gasteiger partial charge is 0.319 e. The molecule has 1 aromatic heterocycles. The van der Waals surface area contributed by atoms with Crippen LogP contribution in [0.3, 0.4) is 0 Å². The van der Waals surface area contributed by atoms with Crippen LogP contribution in [0.1, 0.15) is 0 Å². The summed E-state index contributed by atoms with van der Waals surface area (Å²) in [6, 6.07) is 13.7. The average molecular weight is 239 g/mol. The normalized spacial score (nSPS) is 10.7. The molecule has 3 rings (SSSR count). The van der Waals surface area contributed by atoms with Gasteiger partial charge >= 0.3 is 6.03 Å². The van der Waals surface area contributed by atoms with Gasteiger partial charge in [0.15, 0.2) is 0 Å². The fourth-order valence-electron chi connectivity index (χ4n) is 2.16. The Morgan fingerprint density at radius 1 is 1.06 bits per heavy atom. The molecule has 0 aliphatic heterocycles. The number of amides is 2. The number of aromatic amines is 1. The lowest BCUT2D eigenvalue weighted by molar-refractivity contribution is 0.254. The van der Waals surface area contributed by atoms with Gasteiger partial charge in [0.25, 0.3) is 0 Å². The zero-order valence-corrected chi connectivity index (χ0v) is 9.95. The van der Waals surface area contributed by atoms with Gasteiger partial charge in [-0.3, -0.25) is 0 Å². The van der Waals surface area contributed by atoms with Crippen LogP contribution in [-0.4, -0.2) is 18.1 Å². The third kappa shape index (κ3) is 1.59. The zero-order chi connectivity index (χ0) is 12.5. The van der Waals surface area contributed by atoms with Crippen LogP contribution in [0.15, 0.2) is 42.5 Å². The maximum atomic E-state index is 11.4. The summed E-state index contributed by atoms with van der Waals surface area (Å²) >= 11 is 0. The van der Waals surface area contributed by atoms with E-state index in [1.807, 2.05) is 36.4 Å². The van der Waals surface area contributed by atoms with Crippen LogP contribution < -0.4 is 10.6 Å². The molecular weight excluding hydrogens is 226 g/mol. The Kier molecular flexibility index (Phi) is 2.41. The summed E-state index contributed by atoms with van der Waals surface area (Å²) in [6.07, 6.45) is 0. The lowest BCUT2D eigenvalue weighted by Crippen LogP contribution is -2.24. The first-order valence-electron chi connectivity index (χ1n) is 5.78. The quantitative estimate of drug-likeness (QED) is 0.600. The van der Waals surface area contributed by atoms with Gasteiger partial charge < -0.3 is 15.6 Å². The lowest BCUT2D eigenvalue weighted by Gasteiger charge is -2.05. The van der Waals surface area contributed by atoms with Crippen LogP contribution in [0.4, 0.5) is 10.5 Å². The highest BCUT2D eigenvalue weighted by Crippen LogP contribution is 2.29. The third-order valence-electron chi connectivity index (χ3n) is 3.02. The van der Waals surface area contributed by atoms with Crippen molar-refractivity contribution in [2.75, 3.05) is 12.4 Å². The Balaban J connectivity index is 2.24. The molecule has 0 saturated heterocycles. The minimum absolute atomic E-state index is 0.221. The van der Waals surface area contributed by atoms with Crippen LogP contribution in [-0.2, 0) is 0 Å². The van der Waals surface area contributed by atoms with E-state index in [-0.39, 0.29) is 6.03 Å². The average Bonchev–Trinajstić information content (AvgIpc) is 2.78. The number of carbonyl (C=O) groups excluding carboxylic acids is 1. The Labute approximate surface area is 104 Å². The molecule has 0 unspecified atom stereocenters. The van der Waals surface area contributed by atoms with E-state index >= 15 is 0 Å². The van der Waals surface area contributed by atoms with Crippen LogP contribution >= 0.6 is 0 Å². The number of H-pyrrole nitrogens is 1. The van der Waals surface area contributed by atoms with E-state index in [0.29, 0.717) is 0 Å². The monoisotopic (exact) mass is 239 g/mol. The molecule has 0 saturated carbocycles. The maximum Gasteiger partial charge on any atom is 0.319 e. The fourth-order valence-corrected chi connectivity index (χ4v) is 2.16. The molecule has 3 aromatic rings. The number of rotatable bonds is 1. The minimum atomic E-state index is -0.221. The Bertz CT molecular complexity index is 730. The summed E-state index contributed by atoms with van der Waals surface area (Å²) in [5.41, 5.74) is 2.80. The lowest BCUT2D eigenvalue weighted by atomic mass is 10.1. The predicted molar refractivity (Wildman–Crippen MR) is 73.9 cm³/mol. The van der Waals surface area contributed by atoms with Crippen LogP contribution in [0.2, 0.25) is 0 Å². The molecule has 2 aromatic carbocycles. The van der Waals surface area contributed by atoms with E-state index < -0.39 is 0 Å². The molecule has 0 radical (unpaired) electrons. The highest BCUT2D eigenvalue weighted by Gasteiger charge is 2.08. The summed E-state index contributed by atoms with van der Waals surface area (Å²) in [7, 11) is 1.60. The van der Waals surface area contributed by atoms with Gasteiger partial charge in [-0.25, -0.2) is 4.79 Å². The standard InChI is InChI=1S/C14H13N3O/c1-15-14(18)17-12-8-4-6-10-9-5-2-3-7-11(9)16-13(10)12/h2-8,16H,1H3,(H2,15,17,18). The summed E-state index contributed by atoms with van der Waals surface area (Å²) in [5, 5.41) is 7.63. The predicted octanol–water partition coefficient (Wildman–Crippen LogP) is 3.07. The van der Waals surface area contributed by atoms with E-state index in [1.165, 1.54) is 0 Å². The molecule has 2 amide bonds. The van der Waals surface area contributed by atoms with Crippen molar-refractivity contribution in [1.82, 2.24) is 10.3 Å². The van der Waals surface area contributed by atoms with Crippen molar-refractivity contribution < 1.29 is 4.79 Å². The largest absolute Gasteiger partial charge is 0.353 e. The number of carbonyl (C=O) groups is 1. The van der Waals surface area contributed by atoms with Crippen molar-refractivity contribution in [3.63, 3.8) is 0 Å². The SMILES string of the molecule is CNC(=O)Nc1cccc2c1[nH]c1ccccc12. The second-order valence-corrected chi connectivity index (χ2v) is 4.10. The molecule has 4 nitrogen and oxygen atoms in total. The second-order valence-electron chi connectivity index (χ2n) is 4.10. The highest BCUT2D eigenvalue weighted by atomic mass is 16.2. The van der Waals surface area contributed by atoms with Crippen molar-refractivity contribution in [2.24, 2.45) is 0 Å². The van der Waals surface area contributed by atoms with Crippen LogP contribution in [0.5, 0.6) is 0 Å². The van der Waals surface area contributed by atoms with Gasteiger partial charge in [-0.15, -0.1) is 0 Å². The summed E-state index contributed by atoms with van der Waals surface area (Å²) in [4.78, 5) is 14.7. The fraction of sp³-hybridized carbons (Fsp3) is 0.0714. The summed E-state index contributed by atoms with van der Waals surface area (Å²) in [6.45, 7) is 0. The molecule has 18 heavy (non-hydrogen) atoms. The molecular formula is C14H13N3O. The van der Waals surface area contributed by atoms with Crippen molar-refractivity contribution in [1.29, 1.82) is 0 Å². The van der Waals surface area contributed by atoms with Gasteiger partial charge in [-0.05, 0) is 12.1 Å². The summed E-state index contributed by atoms with van der Waals surface area (Å²) < 4.78 is 0. The highest BCUT2D eigenvalue weighted by molar-refractivity contribution is 6.12.